The van der Waals surface area contributed by atoms with Gasteiger partial charge in [-0.2, -0.15) is 0 Å². The maximum atomic E-state index is 13.6. The number of anilines is 2. The van der Waals surface area contributed by atoms with Gasteiger partial charge < -0.3 is 5.32 Å². The summed E-state index contributed by atoms with van der Waals surface area (Å²) in [5.74, 6) is -1.15. The van der Waals surface area contributed by atoms with Gasteiger partial charge in [-0.1, -0.05) is 23.7 Å². The summed E-state index contributed by atoms with van der Waals surface area (Å²) in [4.78, 5) is 4.08. The van der Waals surface area contributed by atoms with E-state index in [0.29, 0.717) is 11.6 Å². The van der Waals surface area contributed by atoms with Crippen LogP contribution in [0.5, 0.6) is 0 Å². The molecule has 2 aromatic carbocycles. The van der Waals surface area contributed by atoms with E-state index in [4.69, 9.17) is 23.8 Å². The number of hydrogen-bond acceptors (Lipinski definition) is 3. The van der Waals surface area contributed by atoms with Crippen molar-refractivity contribution >= 4 is 40.6 Å². The van der Waals surface area contributed by atoms with E-state index in [0.717, 1.165) is 17.7 Å². The number of nitrogens with zero attached hydrogens (tertiary/aromatic N) is 3. The fourth-order valence-electron chi connectivity index (χ4n) is 2.05. The quantitative estimate of drug-likeness (QED) is 0.669. The molecular formula is C16H12ClF2N5S. The lowest BCUT2D eigenvalue weighted by molar-refractivity contribution is 0.586. The molecule has 0 saturated carbocycles. The lowest BCUT2D eigenvalue weighted by atomic mass is 10.2. The van der Waals surface area contributed by atoms with Gasteiger partial charge in [-0.15, -0.1) is 5.10 Å². The van der Waals surface area contributed by atoms with E-state index in [-0.39, 0.29) is 16.7 Å². The number of halogens is 3. The van der Waals surface area contributed by atoms with Crippen LogP contribution in [-0.2, 0) is 6.54 Å². The van der Waals surface area contributed by atoms with Crippen LogP contribution in [0.25, 0.3) is 0 Å². The van der Waals surface area contributed by atoms with E-state index >= 15 is 0 Å². The van der Waals surface area contributed by atoms with Gasteiger partial charge in [-0.05, 0) is 42.0 Å². The maximum Gasteiger partial charge on any atom is 0.248 e. The van der Waals surface area contributed by atoms with Crippen LogP contribution in [0, 0.1) is 11.6 Å². The summed E-state index contributed by atoms with van der Waals surface area (Å²) < 4.78 is 28.1. The Bertz CT molecular complexity index is 898. The molecule has 2 N–H and O–H groups in total. The average molecular weight is 380 g/mol. The fraction of sp³-hybridized carbons (Fsp3) is 0.0625. The van der Waals surface area contributed by atoms with Gasteiger partial charge in [0, 0.05) is 11.1 Å². The number of rotatable bonds is 4. The van der Waals surface area contributed by atoms with Crippen LogP contribution in [0.15, 0.2) is 48.8 Å². The summed E-state index contributed by atoms with van der Waals surface area (Å²) in [6.45, 7) is 0.513. The number of benzene rings is 2. The first-order valence-electron chi connectivity index (χ1n) is 7.16. The molecule has 1 aromatic heterocycles. The first kappa shape index (κ1) is 17.2. The molecule has 0 fully saturated rings. The van der Waals surface area contributed by atoms with Gasteiger partial charge in [0.15, 0.2) is 5.11 Å². The lowest BCUT2D eigenvalue weighted by Gasteiger charge is -2.08. The maximum absolute atomic E-state index is 13.6. The molecule has 3 rings (SSSR count). The molecule has 0 aliphatic rings. The van der Waals surface area contributed by atoms with Crippen molar-refractivity contribution in [3.8, 4) is 0 Å². The van der Waals surface area contributed by atoms with Gasteiger partial charge >= 0.3 is 0 Å². The van der Waals surface area contributed by atoms with Crippen molar-refractivity contribution in [2.24, 2.45) is 0 Å². The Hall–Kier alpha value is -2.58. The Morgan fingerprint density at radius 3 is 2.60 bits per heavy atom. The highest BCUT2D eigenvalue weighted by Gasteiger charge is 2.08. The summed E-state index contributed by atoms with van der Waals surface area (Å²) in [7, 11) is 0. The highest BCUT2D eigenvalue weighted by molar-refractivity contribution is 7.80. The Morgan fingerprint density at radius 2 is 1.88 bits per heavy atom. The number of nitrogens with one attached hydrogen (secondary N) is 2. The lowest BCUT2D eigenvalue weighted by Crippen LogP contribution is -2.20. The van der Waals surface area contributed by atoms with E-state index in [1.807, 2.05) is 12.1 Å². The van der Waals surface area contributed by atoms with Crippen molar-refractivity contribution in [3.63, 3.8) is 0 Å². The van der Waals surface area contributed by atoms with Crippen molar-refractivity contribution in [1.29, 1.82) is 0 Å². The van der Waals surface area contributed by atoms with E-state index in [2.05, 4.69) is 20.7 Å². The molecule has 0 spiro atoms. The average Bonchev–Trinajstić information content (AvgIpc) is 2.99. The minimum Gasteiger partial charge on any atom is -0.330 e. The minimum atomic E-state index is -0.745. The zero-order chi connectivity index (χ0) is 17.8. The van der Waals surface area contributed by atoms with Crippen LogP contribution in [0.1, 0.15) is 5.56 Å². The van der Waals surface area contributed by atoms with Crippen molar-refractivity contribution in [2.45, 2.75) is 6.54 Å². The largest absolute Gasteiger partial charge is 0.330 e. The molecule has 9 heteroatoms. The van der Waals surface area contributed by atoms with Crippen LogP contribution in [0.2, 0.25) is 5.02 Å². The highest BCUT2D eigenvalue weighted by atomic mass is 35.5. The fourth-order valence-corrected chi connectivity index (χ4v) is 2.38. The molecule has 25 heavy (non-hydrogen) atoms. The van der Waals surface area contributed by atoms with Gasteiger partial charge in [-0.25, -0.2) is 18.4 Å². The summed E-state index contributed by atoms with van der Waals surface area (Å²) in [6.07, 6.45) is 1.54. The molecule has 0 amide bonds. The first-order chi connectivity index (χ1) is 12.0. The predicted octanol–water partition coefficient (Wildman–Crippen LogP) is 4.07. The Balaban J connectivity index is 1.60. The topological polar surface area (TPSA) is 54.8 Å². The predicted molar refractivity (Wildman–Crippen MR) is 96.8 cm³/mol. The summed E-state index contributed by atoms with van der Waals surface area (Å²) in [6, 6.07) is 10.5. The highest BCUT2D eigenvalue weighted by Crippen LogP contribution is 2.15. The zero-order valence-electron chi connectivity index (χ0n) is 12.7. The second-order valence-electron chi connectivity index (χ2n) is 5.10. The third kappa shape index (κ3) is 4.71. The Labute approximate surface area is 152 Å². The van der Waals surface area contributed by atoms with Gasteiger partial charge in [0.25, 0.3) is 0 Å². The van der Waals surface area contributed by atoms with Crippen molar-refractivity contribution in [1.82, 2.24) is 14.8 Å². The molecule has 0 bridgehead atoms. The molecule has 128 valence electrons. The molecule has 0 radical (unpaired) electrons. The third-order valence-corrected chi connectivity index (χ3v) is 3.66. The molecule has 0 saturated heterocycles. The number of hydrogen-bond donors (Lipinski definition) is 2. The van der Waals surface area contributed by atoms with E-state index in [9.17, 15) is 8.78 Å². The molecule has 0 aliphatic carbocycles. The summed E-state index contributed by atoms with van der Waals surface area (Å²) in [5.41, 5.74) is 1.06. The minimum absolute atomic E-state index is 0.0551. The van der Waals surface area contributed by atoms with Crippen LogP contribution >= 0.6 is 23.8 Å². The SMILES string of the molecule is Fc1ccc(NC(=S)Nc2ncn(Cc3ccc(Cl)cc3)n2)c(F)c1. The van der Waals surface area contributed by atoms with Crippen molar-refractivity contribution < 1.29 is 8.78 Å². The number of thiocarbonyl (C=S) groups is 1. The monoisotopic (exact) mass is 379 g/mol. The van der Waals surface area contributed by atoms with E-state index in [1.165, 1.54) is 12.4 Å². The van der Waals surface area contributed by atoms with Crippen molar-refractivity contribution in [3.05, 3.63) is 71.0 Å². The Kier molecular flexibility index (Phi) is 5.20. The molecule has 5 nitrogen and oxygen atoms in total. The Morgan fingerprint density at radius 1 is 1.12 bits per heavy atom. The smallest absolute Gasteiger partial charge is 0.248 e. The molecule has 3 aromatic rings. The molecule has 0 aliphatic heterocycles. The molecule has 0 unspecified atom stereocenters. The number of aromatic nitrogens is 3. The van der Waals surface area contributed by atoms with E-state index in [1.54, 1.807) is 16.8 Å². The second kappa shape index (κ2) is 7.54. The van der Waals surface area contributed by atoms with Crippen LogP contribution in [0.4, 0.5) is 20.4 Å². The van der Waals surface area contributed by atoms with Crippen LogP contribution in [-0.4, -0.2) is 19.9 Å². The first-order valence-corrected chi connectivity index (χ1v) is 7.95. The molecule has 0 atom stereocenters. The van der Waals surface area contributed by atoms with Gasteiger partial charge in [0.2, 0.25) is 5.95 Å². The van der Waals surface area contributed by atoms with Crippen LogP contribution in [0.3, 0.4) is 0 Å². The molecule has 1 heterocycles. The van der Waals surface area contributed by atoms with Gasteiger partial charge in [0.1, 0.15) is 18.0 Å². The summed E-state index contributed by atoms with van der Waals surface area (Å²) in [5, 5.41) is 10.3. The van der Waals surface area contributed by atoms with Crippen LogP contribution < -0.4 is 10.6 Å². The molecular weight excluding hydrogens is 368 g/mol. The van der Waals surface area contributed by atoms with Gasteiger partial charge in [0.05, 0.1) is 12.2 Å². The third-order valence-electron chi connectivity index (χ3n) is 3.20. The normalized spacial score (nSPS) is 10.5. The van der Waals surface area contributed by atoms with Gasteiger partial charge in [-0.3, -0.25) is 5.32 Å². The second-order valence-corrected chi connectivity index (χ2v) is 5.94. The standard InChI is InChI=1S/C16H12ClF2N5S/c17-11-3-1-10(2-4-11)8-24-9-20-15(23-24)22-16(25)21-14-6-5-12(18)7-13(14)19/h1-7,9H,8H2,(H2,21,22,23,25). The summed E-state index contributed by atoms with van der Waals surface area (Å²) >= 11 is 10.9. The zero-order valence-corrected chi connectivity index (χ0v) is 14.3. The van der Waals surface area contributed by atoms with E-state index < -0.39 is 11.6 Å². The van der Waals surface area contributed by atoms with Crippen molar-refractivity contribution in [2.75, 3.05) is 10.6 Å².